The highest BCUT2D eigenvalue weighted by Gasteiger charge is 2.14. The third-order valence-corrected chi connectivity index (χ3v) is 6.10. The summed E-state index contributed by atoms with van der Waals surface area (Å²) in [5, 5.41) is 2.98. The quantitative estimate of drug-likeness (QED) is 0.197. The molecule has 1 N–H and O–H groups in total. The monoisotopic (exact) mass is 474 g/mol. The van der Waals surface area contributed by atoms with Gasteiger partial charge in [-0.25, -0.2) is 0 Å². The third kappa shape index (κ3) is 6.16. The maximum absolute atomic E-state index is 12.7. The molecule has 0 aliphatic heterocycles. The highest BCUT2D eigenvalue weighted by Crippen LogP contribution is 2.35. The van der Waals surface area contributed by atoms with E-state index in [1.165, 1.54) is 0 Å². The summed E-state index contributed by atoms with van der Waals surface area (Å²) >= 11 is 0. The Hall–Kier alpha value is -4.44. The van der Waals surface area contributed by atoms with E-state index in [2.05, 4.69) is 10.2 Å². The van der Waals surface area contributed by atoms with Crippen molar-refractivity contribution in [3.05, 3.63) is 126 Å². The topological polar surface area (TPSA) is 49.4 Å². The molecule has 0 saturated carbocycles. The lowest BCUT2D eigenvalue weighted by molar-refractivity contribution is -0.119. The van der Waals surface area contributed by atoms with Gasteiger partial charge in [-0.05, 0) is 78.7 Å². The zero-order valence-corrected chi connectivity index (χ0v) is 20.6. The second kappa shape index (κ2) is 11.8. The molecule has 4 aromatic rings. The summed E-state index contributed by atoms with van der Waals surface area (Å²) in [6.07, 6.45) is 4.23. The Balaban J connectivity index is 1.57. The van der Waals surface area contributed by atoms with Gasteiger partial charge in [-0.2, -0.15) is 0 Å². The van der Waals surface area contributed by atoms with Crippen molar-refractivity contribution in [2.75, 3.05) is 10.2 Å². The summed E-state index contributed by atoms with van der Waals surface area (Å²) in [7, 11) is 0. The molecule has 0 saturated heterocycles. The largest absolute Gasteiger partial charge is 0.326 e. The second-order valence-electron chi connectivity index (χ2n) is 8.67. The minimum Gasteiger partial charge on any atom is -0.326 e. The average molecular weight is 475 g/mol. The number of benzene rings is 4. The van der Waals surface area contributed by atoms with Gasteiger partial charge in [0.1, 0.15) is 0 Å². The number of allylic oxidation sites excluding steroid dienone is 1. The standard InChI is InChI=1S/C32H30N2O2/c1-3-24(2)32(36)33-27-17-21-30(22-18-27)34(28-12-8-5-9-13-28)29-19-15-26(16-20-29)31(35)23-14-25-10-6-4-7-11-25/h4-24H,3H2,1-2H3,(H,33,36)/b23-14+. The SMILES string of the molecule is CCC(C)C(=O)Nc1ccc(N(c2ccccc2)c2ccc(C(=O)/C=C/c3ccccc3)cc2)cc1. The zero-order valence-electron chi connectivity index (χ0n) is 20.6. The van der Waals surface area contributed by atoms with E-state index in [1.807, 2.05) is 129 Å². The number of rotatable bonds is 9. The van der Waals surface area contributed by atoms with Crippen LogP contribution in [0.3, 0.4) is 0 Å². The van der Waals surface area contributed by atoms with Gasteiger partial charge in [0.15, 0.2) is 5.78 Å². The maximum Gasteiger partial charge on any atom is 0.227 e. The summed E-state index contributed by atoms with van der Waals surface area (Å²) < 4.78 is 0. The fourth-order valence-electron chi connectivity index (χ4n) is 3.78. The molecule has 0 aliphatic carbocycles. The fourth-order valence-corrected chi connectivity index (χ4v) is 3.78. The van der Waals surface area contributed by atoms with Gasteiger partial charge in [0.25, 0.3) is 0 Å². The molecule has 0 radical (unpaired) electrons. The van der Waals surface area contributed by atoms with Gasteiger partial charge >= 0.3 is 0 Å². The molecule has 0 heterocycles. The van der Waals surface area contributed by atoms with E-state index in [1.54, 1.807) is 6.08 Å². The van der Waals surface area contributed by atoms with Crippen molar-refractivity contribution >= 4 is 40.5 Å². The maximum atomic E-state index is 12.7. The minimum absolute atomic E-state index is 0.0201. The first-order valence-corrected chi connectivity index (χ1v) is 12.2. The Morgan fingerprint density at radius 2 is 1.28 bits per heavy atom. The predicted octanol–water partition coefficient (Wildman–Crippen LogP) is 8.04. The van der Waals surface area contributed by atoms with Crippen LogP contribution in [0.1, 0.15) is 36.2 Å². The first-order chi connectivity index (χ1) is 17.5. The Labute approximate surface area is 212 Å². The van der Waals surface area contributed by atoms with Crippen molar-refractivity contribution < 1.29 is 9.59 Å². The molecular formula is C32H30N2O2. The molecular weight excluding hydrogens is 444 g/mol. The molecule has 36 heavy (non-hydrogen) atoms. The third-order valence-electron chi connectivity index (χ3n) is 6.10. The van der Waals surface area contributed by atoms with Crippen LogP contribution in [-0.2, 0) is 4.79 Å². The second-order valence-corrected chi connectivity index (χ2v) is 8.67. The Bertz CT molecular complexity index is 1310. The Morgan fingerprint density at radius 1 is 0.750 bits per heavy atom. The van der Waals surface area contributed by atoms with E-state index in [0.717, 1.165) is 34.7 Å². The summed E-state index contributed by atoms with van der Waals surface area (Å²) in [5.74, 6) is -0.0564. The van der Waals surface area contributed by atoms with E-state index in [-0.39, 0.29) is 17.6 Å². The number of ketones is 1. The summed E-state index contributed by atoms with van der Waals surface area (Å²) in [5.41, 5.74) is 5.26. The van der Waals surface area contributed by atoms with E-state index in [0.29, 0.717) is 5.56 Å². The molecule has 1 amide bonds. The molecule has 4 rings (SSSR count). The van der Waals surface area contributed by atoms with Gasteiger partial charge in [-0.1, -0.05) is 68.5 Å². The van der Waals surface area contributed by atoms with Crippen molar-refractivity contribution in [2.24, 2.45) is 5.92 Å². The smallest absolute Gasteiger partial charge is 0.227 e. The zero-order chi connectivity index (χ0) is 25.3. The van der Waals surface area contributed by atoms with E-state index in [4.69, 9.17) is 0 Å². The van der Waals surface area contributed by atoms with Crippen LogP contribution >= 0.6 is 0 Å². The van der Waals surface area contributed by atoms with E-state index in [9.17, 15) is 9.59 Å². The molecule has 1 atom stereocenters. The van der Waals surface area contributed by atoms with Crippen LogP contribution in [0.5, 0.6) is 0 Å². The first-order valence-electron chi connectivity index (χ1n) is 12.2. The number of hydrogen-bond donors (Lipinski definition) is 1. The van der Waals surface area contributed by atoms with Gasteiger partial charge in [0.05, 0.1) is 0 Å². The van der Waals surface area contributed by atoms with Gasteiger partial charge < -0.3 is 10.2 Å². The summed E-state index contributed by atoms with van der Waals surface area (Å²) in [6.45, 7) is 3.93. The summed E-state index contributed by atoms with van der Waals surface area (Å²) in [6, 6.07) is 35.2. The lowest BCUT2D eigenvalue weighted by Crippen LogP contribution is -2.19. The first kappa shape index (κ1) is 24.7. The van der Waals surface area contributed by atoms with Crippen molar-refractivity contribution in [3.8, 4) is 0 Å². The van der Waals surface area contributed by atoms with Crippen LogP contribution in [0, 0.1) is 5.92 Å². The van der Waals surface area contributed by atoms with Crippen LogP contribution < -0.4 is 10.2 Å². The van der Waals surface area contributed by atoms with E-state index >= 15 is 0 Å². The van der Waals surface area contributed by atoms with Crippen LogP contribution in [0.2, 0.25) is 0 Å². The number of nitrogens with zero attached hydrogens (tertiary/aromatic N) is 1. The van der Waals surface area contributed by atoms with Crippen LogP contribution in [0.25, 0.3) is 6.08 Å². The highest BCUT2D eigenvalue weighted by molar-refractivity contribution is 6.07. The normalized spacial score (nSPS) is 11.7. The molecule has 0 bridgehead atoms. The average Bonchev–Trinajstić information content (AvgIpc) is 2.94. The van der Waals surface area contributed by atoms with Crippen molar-refractivity contribution in [2.45, 2.75) is 20.3 Å². The number of amides is 1. The molecule has 180 valence electrons. The van der Waals surface area contributed by atoms with Crippen molar-refractivity contribution in [3.63, 3.8) is 0 Å². The lowest BCUT2D eigenvalue weighted by atomic mass is 10.1. The number of carbonyl (C=O) groups excluding carboxylic acids is 2. The molecule has 4 aromatic carbocycles. The highest BCUT2D eigenvalue weighted by atomic mass is 16.1. The molecule has 0 spiro atoms. The van der Waals surface area contributed by atoms with Gasteiger partial charge in [0, 0.05) is 34.2 Å². The number of anilines is 4. The minimum atomic E-state index is -0.0435. The van der Waals surface area contributed by atoms with Gasteiger partial charge in [0.2, 0.25) is 5.91 Å². The number of para-hydroxylation sites is 1. The number of carbonyl (C=O) groups is 2. The summed E-state index contributed by atoms with van der Waals surface area (Å²) in [4.78, 5) is 27.1. The number of hydrogen-bond acceptors (Lipinski definition) is 3. The molecule has 0 aliphatic rings. The Morgan fingerprint density at radius 3 is 1.86 bits per heavy atom. The van der Waals surface area contributed by atoms with Crippen molar-refractivity contribution in [1.82, 2.24) is 0 Å². The van der Waals surface area contributed by atoms with Crippen LogP contribution in [0.4, 0.5) is 22.7 Å². The van der Waals surface area contributed by atoms with Crippen LogP contribution in [-0.4, -0.2) is 11.7 Å². The molecule has 4 nitrogen and oxygen atoms in total. The molecule has 0 fully saturated rings. The van der Waals surface area contributed by atoms with Gasteiger partial charge in [-0.15, -0.1) is 0 Å². The van der Waals surface area contributed by atoms with Crippen LogP contribution in [0.15, 0.2) is 115 Å². The van der Waals surface area contributed by atoms with E-state index < -0.39 is 0 Å². The van der Waals surface area contributed by atoms with Crippen molar-refractivity contribution in [1.29, 1.82) is 0 Å². The molecule has 1 unspecified atom stereocenters. The predicted molar refractivity (Wildman–Crippen MR) is 149 cm³/mol. The fraction of sp³-hybridized carbons (Fsp3) is 0.125. The lowest BCUT2D eigenvalue weighted by Gasteiger charge is -2.25. The Kier molecular flexibility index (Phi) is 8.09. The molecule has 4 heteroatoms. The molecule has 0 aromatic heterocycles. The number of nitrogens with one attached hydrogen (secondary N) is 1. The van der Waals surface area contributed by atoms with Gasteiger partial charge in [-0.3, -0.25) is 9.59 Å².